The second-order valence-corrected chi connectivity index (χ2v) is 6.33. The lowest BCUT2D eigenvalue weighted by atomic mass is 10.1. The fourth-order valence-corrected chi connectivity index (χ4v) is 3.03. The van der Waals surface area contributed by atoms with Crippen molar-refractivity contribution in [2.75, 3.05) is 16.8 Å². The first-order chi connectivity index (χ1) is 12.0. The third kappa shape index (κ3) is 3.97. The molecule has 1 aliphatic heterocycles. The molecule has 1 saturated heterocycles. The molecule has 1 heterocycles. The Labute approximate surface area is 148 Å². The molecule has 0 spiro atoms. The van der Waals surface area contributed by atoms with Gasteiger partial charge in [0.15, 0.2) is 0 Å². The van der Waals surface area contributed by atoms with E-state index in [-0.39, 0.29) is 11.8 Å². The van der Waals surface area contributed by atoms with Crippen LogP contribution in [0.2, 0.25) is 0 Å². The molecule has 128 valence electrons. The van der Waals surface area contributed by atoms with Crippen molar-refractivity contribution in [3.05, 3.63) is 65.2 Å². The fraction of sp³-hybridized carbons (Fsp3) is 0.238. The molecule has 4 heteroatoms. The van der Waals surface area contributed by atoms with Crippen LogP contribution in [-0.2, 0) is 9.59 Å². The van der Waals surface area contributed by atoms with Crippen molar-refractivity contribution in [3.8, 4) is 0 Å². The molecule has 0 aliphatic carbocycles. The Kier molecular flexibility index (Phi) is 4.98. The molecule has 1 N–H and O–H groups in total. The molecule has 3 rings (SSSR count). The van der Waals surface area contributed by atoms with E-state index in [9.17, 15) is 9.59 Å². The number of hydrogen-bond acceptors (Lipinski definition) is 2. The largest absolute Gasteiger partial charge is 0.322 e. The Balaban J connectivity index is 1.65. The van der Waals surface area contributed by atoms with E-state index in [0.717, 1.165) is 41.0 Å². The lowest BCUT2D eigenvalue weighted by Crippen LogP contribution is -2.23. The standard InChI is InChI=1S/C21H22N2O2/c1-15-5-3-6-16(2)21(15)22-19(24)13-10-17-8-11-18(12-9-17)23-14-4-7-20(23)25/h3,5-6,8-13H,4,7,14H2,1-2H3,(H,22,24). The van der Waals surface area contributed by atoms with Gasteiger partial charge in [0, 0.05) is 30.4 Å². The molecule has 4 nitrogen and oxygen atoms in total. The Hall–Kier alpha value is -2.88. The van der Waals surface area contributed by atoms with Crippen LogP contribution < -0.4 is 10.2 Å². The molecule has 0 atom stereocenters. The summed E-state index contributed by atoms with van der Waals surface area (Å²) in [4.78, 5) is 25.7. The summed E-state index contributed by atoms with van der Waals surface area (Å²) in [6, 6.07) is 13.6. The van der Waals surface area contributed by atoms with Crippen LogP contribution >= 0.6 is 0 Å². The van der Waals surface area contributed by atoms with Crippen molar-refractivity contribution >= 4 is 29.3 Å². The highest BCUT2D eigenvalue weighted by atomic mass is 16.2. The number of benzene rings is 2. The number of aryl methyl sites for hydroxylation is 2. The fourth-order valence-electron chi connectivity index (χ4n) is 3.03. The minimum atomic E-state index is -0.156. The van der Waals surface area contributed by atoms with Gasteiger partial charge in [-0.3, -0.25) is 9.59 Å². The van der Waals surface area contributed by atoms with E-state index in [0.29, 0.717) is 6.42 Å². The second-order valence-electron chi connectivity index (χ2n) is 6.33. The first-order valence-corrected chi connectivity index (χ1v) is 8.50. The van der Waals surface area contributed by atoms with Crippen molar-refractivity contribution in [3.63, 3.8) is 0 Å². The van der Waals surface area contributed by atoms with Crippen LogP contribution in [0, 0.1) is 13.8 Å². The molecular weight excluding hydrogens is 312 g/mol. The normalized spacial score (nSPS) is 14.3. The summed E-state index contributed by atoms with van der Waals surface area (Å²) in [5.74, 6) is 0.0208. The Morgan fingerprint density at radius 1 is 1.08 bits per heavy atom. The smallest absolute Gasteiger partial charge is 0.248 e. The van der Waals surface area contributed by atoms with E-state index in [2.05, 4.69) is 5.32 Å². The molecule has 2 amide bonds. The SMILES string of the molecule is Cc1cccc(C)c1NC(=O)C=Cc1ccc(N2CCCC2=O)cc1. The highest BCUT2D eigenvalue weighted by molar-refractivity contribution is 6.03. The van der Waals surface area contributed by atoms with Crippen molar-refractivity contribution in [2.45, 2.75) is 26.7 Å². The second kappa shape index (κ2) is 7.34. The zero-order chi connectivity index (χ0) is 17.8. The Morgan fingerprint density at radius 3 is 2.36 bits per heavy atom. The van der Waals surface area contributed by atoms with Crippen molar-refractivity contribution < 1.29 is 9.59 Å². The first-order valence-electron chi connectivity index (χ1n) is 8.50. The number of rotatable bonds is 4. The molecule has 1 aliphatic rings. The number of carbonyl (C=O) groups is 2. The van der Waals surface area contributed by atoms with Crippen molar-refractivity contribution in [1.29, 1.82) is 0 Å². The number of hydrogen-bond donors (Lipinski definition) is 1. The minimum Gasteiger partial charge on any atom is -0.322 e. The number of para-hydroxylation sites is 1. The topological polar surface area (TPSA) is 49.4 Å². The summed E-state index contributed by atoms with van der Waals surface area (Å²) in [7, 11) is 0. The van der Waals surface area contributed by atoms with Crippen LogP contribution in [-0.4, -0.2) is 18.4 Å². The maximum atomic E-state index is 12.2. The maximum absolute atomic E-state index is 12.2. The van der Waals surface area contributed by atoms with E-state index in [4.69, 9.17) is 0 Å². The molecular formula is C21H22N2O2. The maximum Gasteiger partial charge on any atom is 0.248 e. The zero-order valence-corrected chi connectivity index (χ0v) is 14.6. The van der Waals surface area contributed by atoms with Crippen LogP contribution in [0.3, 0.4) is 0 Å². The van der Waals surface area contributed by atoms with Gasteiger partial charge in [-0.05, 0) is 55.2 Å². The highest BCUT2D eigenvalue weighted by Crippen LogP contribution is 2.22. The van der Waals surface area contributed by atoms with E-state index < -0.39 is 0 Å². The average molecular weight is 334 g/mol. The number of amides is 2. The van der Waals surface area contributed by atoms with Gasteiger partial charge in [-0.2, -0.15) is 0 Å². The molecule has 2 aromatic carbocycles. The van der Waals surface area contributed by atoms with E-state index in [1.807, 2.05) is 56.3 Å². The number of carbonyl (C=O) groups excluding carboxylic acids is 2. The molecule has 25 heavy (non-hydrogen) atoms. The van der Waals surface area contributed by atoms with Crippen LogP contribution in [0.5, 0.6) is 0 Å². The summed E-state index contributed by atoms with van der Waals surface area (Å²) < 4.78 is 0. The first kappa shape index (κ1) is 17.0. The lowest BCUT2D eigenvalue weighted by molar-refractivity contribution is -0.117. The summed E-state index contributed by atoms with van der Waals surface area (Å²) in [5, 5.41) is 2.93. The minimum absolute atomic E-state index is 0.156. The monoisotopic (exact) mass is 334 g/mol. The molecule has 1 fully saturated rings. The Bertz CT molecular complexity index is 802. The molecule has 0 unspecified atom stereocenters. The predicted octanol–water partition coefficient (Wildman–Crippen LogP) is 4.08. The summed E-state index contributed by atoms with van der Waals surface area (Å²) in [5.41, 5.74) is 4.79. The number of anilines is 2. The van der Waals surface area contributed by atoms with Gasteiger partial charge in [-0.25, -0.2) is 0 Å². The number of nitrogens with one attached hydrogen (secondary N) is 1. The van der Waals surface area contributed by atoms with Crippen LogP contribution in [0.25, 0.3) is 6.08 Å². The van der Waals surface area contributed by atoms with Crippen LogP contribution in [0.1, 0.15) is 29.5 Å². The quantitative estimate of drug-likeness (QED) is 0.857. The van der Waals surface area contributed by atoms with Crippen molar-refractivity contribution in [1.82, 2.24) is 0 Å². The summed E-state index contributed by atoms with van der Waals surface area (Å²) in [6.45, 7) is 4.74. The summed E-state index contributed by atoms with van der Waals surface area (Å²) in [6.07, 6.45) is 4.85. The van der Waals surface area contributed by atoms with E-state index in [1.54, 1.807) is 11.0 Å². The van der Waals surface area contributed by atoms with E-state index in [1.165, 1.54) is 6.08 Å². The third-order valence-electron chi connectivity index (χ3n) is 4.43. The zero-order valence-electron chi connectivity index (χ0n) is 14.6. The van der Waals surface area contributed by atoms with Gasteiger partial charge in [0.1, 0.15) is 0 Å². The molecule has 0 bridgehead atoms. The molecule has 2 aromatic rings. The number of nitrogens with zero attached hydrogens (tertiary/aromatic N) is 1. The van der Waals surface area contributed by atoms with Gasteiger partial charge in [0.05, 0.1) is 0 Å². The van der Waals surface area contributed by atoms with Gasteiger partial charge in [-0.15, -0.1) is 0 Å². The van der Waals surface area contributed by atoms with E-state index >= 15 is 0 Å². The average Bonchev–Trinajstić information content (AvgIpc) is 3.03. The van der Waals surface area contributed by atoms with Gasteiger partial charge < -0.3 is 10.2 Å². The van der Waals surface area contributed by atoms with Gasteiger partial charge >= 0.3 is 0 Å². The van der Waals surface area contributed by atoms with Gasteiger partial charge in [-0.1, -0.05) is 30.3 Å². The van der Waals surface area contributed by atoms with Crippen molar-refractivity contribution in [2.24, 2.45) is 0 Å². The van der Waals surface area contributed by atoms with Crippen LogP contribution in [0.4, 0.5) is 11.4 Å². The molecule has 0 saturated carbocycles. The molecule has 0 aromatic heterocycles. The van der Waals surface area contributed by atoms with Gasteiger partial charge in [0.2, 0.25) is 11.8 Å². The highest BCUT2D eigenvalue weighted by Gasteiger charge is 2.21. The predicted molar refractivity (Wildman–Crippen MR) is 102 cm³/mol. The lowest BCUT2D eigenvalue weighted by Gasteiger charge is -2.15. The third-order valence-corrected chi connectivity index (χ3v) is 4.43. The molecule has 0 radical (unpaired) electrons. The van der Waals surface area contributed by atoms with Gasteiger partial charge in [0.25, 0.3) is 0 Å². The Morgan fingerprint density at radius 2 is 1.76 bits per heavy atom. The van der Waals surface area contributed by atoms with Crippen LogP contribution in [0.15, 0.2) is 48.5 Å². The summed E-state index contributed by atoms with van der Waals surface area (Å²) >= 11 is 0.